The smallest absolute Gasteiger partial charge is 0.339 e. The van der Waals surface area contributed by atoms with E-state index in [1.807, 2.05) is 4.68 Å². The molecule has 1 aliphatic rings. The van der Waals surface area contributed by atoms with Crippen LogP contribution in [0.3, 0.4) is 0 Å². The molecular formula is C11H17N3O2. The first-order chi connectivity index (χ1) is 7.59. The Balaban J connectivity index is 2.43. The first kappa shape index (κ1) is 11.1. The SMILES string of the molecule is CC(C)Cc1nn2c(c1C(=O)O)CNCC2. The van der Waals surface area contributed by atoms with Crippen LogP contribution in [-0.2, 0) is 19.5 Å². The Hall–Kier alpha value is -1.36. The Labute approximate surface area is 94.5 Å². The summed E-state index contributed by atoms with van der Waals surface area (Å²) in [5.74, 6) is -0.441. The third-order valence-electron chi connectivity index (χ3n) is 2.74. The van der Waals surface area contributed by atoms with Crippen LogP contribution in [0.1, 0.15) is 35.6 Å². The molecule has 0 amide bonds. The Kier molecular flexibility index (Phi) is 2.96. The zero-order valence-electron chi connectivity index (χ0n) is 9.66. The maximum Gasteiger partial charge on any atom is 0.339 e. The van der Waals surface area contributed by atoms with Crippen LogP contribution >= 0.6 is 0 Å². The third kappa shape index (κ3) is 1.95. The number of rotatable bonds is 3. The van der Waals surface area contributed by atoms with Crippen LogP contribution in [0.4, 0.5) is 0 Å². The van der Waals surface area contributed by atoms with Gasteiger partial charge in [0.25, 0.3) is 0 Å². The Morgan fingerprint density at radius 3 is 3.00 bits per heavy atom. The van der Waals surface area contributed by atoms with E-state index in [0.29, 0.717) is 18.0 Å². The average Bonchev–Trinajstić information content (AvgIpc) is 2.53. The van der Waals surface area contributed by atoms with Crippen molar-refractivity contribution in [3.05, 3.63) is 17.0 Å². The molecule has 0 aliphatic carbocycles. The quantitative estimate of drug-likeness (QED) is 0.798. The van der Waals surface area contributed by atoms with Gasteiger partial charge in [-0.15, -0.1) is 0 Å². The second-order valence-electron chi connectivity index (χ2n) is 4.57. The van der Waals surface area contributed by atoms with E-state index in [1.165, 1.54) is 0 Å². The van der Waals surface area contributed by atoms with Crippen LogP contribution in [0.15, 0.2) is 0 Å². The topological polar surface area (TPSA) is 67.2 Å². The molecule has 0 radical (unpaired) electrons. The first-order valence-corrected chi connectivity index (χ1v) is 5.62. The van der Waals surface area contributed by atoms with E-state index in [4.69, 9.17) is 0 Å². The summed E-state index contributed by atoms with van der Waals surface area (Å²) in [6.07, 6.45) is 0.724. The van der Waals surface area contributed by atoms with E-state index >= 15 is 0 Å². The Morgan fingerprint density at radius 1 is 1.62 bits per heavy atom. The van der Waals surface area contributed by atoms with Crippen molar-refractivity contribution in [3.8, 4) is 0 Å². The van der Waals surface area contributed by atoms with E-state index in [2.05, 4.69) is 24.3 Å². The summed E-state index contributed by atoms with van der Waals surface area (Å²) in [5.41, 5.74) is 1.94. The Morgan fingerprint density at radius 2 is 2.38 bits per heavy atom. The van der Waals surface area contributed by atoms with E-state index in [1.54, 1.807) is 0 Å². The monoisotopic (exact) mass is 223 g/mol. The van der Waals surface area contributed by atoms with Crippen molar-refractivity contribution in [1.82, 2.24) is 15.1 Å². The van der Waals surface area contributed by atoms with Crippen LogP contribution in [0, 0.1) is 5.92 Å². The number of carboxylic acid groups (broad SMARTS) is 1. The molecule has 2 N–H and O–H groups in total. The maximum absolute atomic E-state index is 11.3. The van der Waals surface area contributed by atoms with Gasteiger partial charge in [-0.3, -0.25) is 4.68 Å². The molecule has 0 bridgehead atoms. The lowest BCUT2D eigenvalue weighted by molar-refractivity contribution is 0.0693. The number of aromatic carboxylic acids is 1. The van der Waals surface area contributed by atoms with E-state index in [-0.39, 0.29) is 0 Å². The fraction of sp³-hybridized carbons (Fsp3) is 0.636. The maximum atomic E-state index is 11.3. The van der Waals surface area contributed by atoms with Gasteiger partial charge in [-0.1, -0.05) is 13.8 Å². The molecule has 2 heterocycles. The first-order valence-electron chi connectivity index (χ1n) is 5.62. The lowest BCUT2D eigenvalue weighted by Crippen LogP contribution is -2.29. The highest BCUT2D eigenvalue weighted by Gasteiger charge is 2.24. The standard InChI is InChI=1S/C11H17N3O2/c1-7(2)5-8-10(11(15)16)9-6-12-3-4-14(9)13-8/h7,12H,3-6H2,1-2H3,(H,15,16). The van der Waals surface area contributed by atoms with E-state index < -0.39 is 5.97 Å². The number of aromatic nitrogens is 2. The van der Waals surface area contributed by atoms with Crippen LogP contribution in [0.25, 0.3) is 0 Å². The molecule has 0 fully saturated rings. The summed E-state index contributed by atoms with van der Waals surface area (Å²) in [5, 5.41) is 16.8. The van der Waals surface area contributed by atoms with Gasteiger partial charge in [0.2, 0.25) is 0 Å². The molecule has 0 aromatic carbocycles. The molecule has 2 rings (SSSR count). The number of fused-ring (bicyclic) bond motifs is 1. The lowest BCUT2D eigenvalue weighted by atomic mass is 10.0. The van der Waals surface area contributed by atoms with Crippen molar-refractivity contribution in [2.75, 3.05) is 6.54 Å². The molecule has 0 spiro atoms. The number of nitrogens with zero attached hydrogens (tertiary/aromatic N) is 2. The second kappa shape index (κ2) is 4.25. The molecule has 5 heteroatoms. The normalized spacial score (nSPS) is 15.2. The minimum absolute atomic E-state index is 0.404. The molecule has 1 aliphatic heterocycles. The summed E-state index contributed by atoms with van der Waals surface area (Å²) < 4.78 is 1.83. The largest absolute Gasteiger partial charge is 0.478 e. The van der Waals surface area contributed by atoms with E-state index in [9.17, 15) is 9.90 Å². The molecule has 0 saturated heterocycles. The van der Waals surface area contributed by atoms with Gasteiger partial charge in [0.15, 0.2) is 0 Å². The number of hydrogen-bond acceptors (Lipinski definition) is 3. The molecule has 1 aromatic heterocycles. The van der Waals surface area contributed by atoms with Crippen LogP contribution in [-0.4, -0.2) is 27.4 Å². The zero-order chi connectivity index (χ0) is 11.7. The average molecular weight is 223 g/mol. The summed E-state index contributed by atoms with van der Waals surface area (Å²) in [4.78, 5) is 11.3. The molecule has 88 valence electrons. The predicted molar refractivity (Wildman–Crippen MR) is 59.4 cm³/mol. The van der Waals surface area contributed by atoms with Crippen molar-refractivity contribution in [2.45, 2.75) is 33.4 Å². The van der Waals surface area contributed by atoms with Crippen molar-refractivity contribution in [3.63, 3.8) is 0 Å². The van der Waals surface area contributed by atoms with Crippen molar-refractivity contribution >= 4 is 5.97 Å². The van der Waals surface area contributed by atoms with Crippen LogP contribution < -0.4 is 5.32 Å². The number of hydrogen-bond donors (Lipinski definition) is 2. The molecule has 5 nitrogen and oxygen atoms in total. The van der Waals surface area contributed by atoms with Gasteiger partial charge in [-0.05, 0) is 12.3 Å². The fourth-order valence-electron chi connectivity index (χ4n) is 2.08. The zero-order valence-corrected chi connectivity index (χ0v) is 9.66. The van der Waals surface area contributed by atoms with Gasteiger partial charge in [-0.25, -0.2) is 4.79 Å². The van der Waals surface area contributed by atoms with Crippen LogP contribution in [0.2, 0.25) is 0 Å². The summed E-state index contributed by atoms with van der Waals surface area (Å²) in [6.45, 7) is 6.36. The van der Waals surface area contributed by atoms with Gasteiger partial charge in [0, 0.05) is 13.1 Å². The molecule has 0 unspecified atom stereocenters. The van der Waals surface area contributed by atoms with Gasteiger partial charge >= 0.3 is 5.97 Å². The minimum atomic E-state index is -0.861. The molecule has 0 saturated carbocycles. The molecule has 16 heavy (non-hydrogen) atoms. The highest BCUT2D eigenvalue weighted by molar-refractivity contribution is 5.90. The highest BCUT2D eigenvalue weighted by atomic mass is 16.4. The molecule has 1 aromatic rings. The Bertz CT molecular complexity index is 410. The summed E-state index contributed by atoms with van der Waals surface area (Å²) >= 11 is 0. The summed E-state index contributed by atoms with van der Waals surface area (Å²) in [6, 6.07) is 0. The third-order valence-corrected chi connectivity index (χ3v) is 2.74. The van der Waals surface area contributed by atoms with Crippen molar-refractivity contribution in [1.29, 1.82) is 0 Å². The lowest BCUT2D eigenvalue weighted by Gasteiger charge is -2.14. The van der Waals surface area contributed by atoms with Gasteiger partial charge in [0.05, 0.1) is 17.9 Å². The van der Waals surface area contributed by atoms with Gasteiger partial charge in [0.1, 0.15) is 5.56 Å². The second-order valence-corrected chi connectivity index (χ2v) is 4.57. The molecule has 0 atom stereocenters. The van der Waals surface area contributed by atoms with Gasteiger partial charge in [-0.2, -0.15) is 5.10 Å². The van der Waals surface area contributed by atoms with E-state index in [0.717, 1.165) is 30.9 Å². The number of carboxylic acids is 1. The van der Waals surface area contributed by atoms with Gasteiger partial charge < -0.3 is 10.4 Å². The molecular weight excluding hydrogens is 206 g/mol. The van der Waals surface area contributed by atoms with Crippen molar-refractivity contribution < 1.29 is 9.90 Å². The van der Waals surface area contributed by atoms with Crippen molar-refractivity contribution in [2.24, 2.45) is 5.92 Å². The summed E-state index contributed by atoms with van der Waals surface area (Å²) in [7, 11) is 0. The fourth-order valence-corrected chi connectivity index (χ4v) is 2.08. The predicted octanol–water partition coefficient (Wildman–Crippen LogP) is 0.883. The highest BCUT2D eigenvalue weighted by Crippen LogP contribution is 2.19. The number of carbonyl (C=O) groups is 1. The minimum Gasteiger partial charge on any atom is -0.478 e. The van der Waals surface area contributed by atoms with Crippen LogP contribution in [0.5, 0.6) is 0 Å². The number of nitrogens with one attached hydrogen (secondary N) is 1.